The second kappa shape index (κ2) is 7.04. The molecule has 5 rings (SSSR count). The number of thioether (sulfide) groups is 1. The van der Waals surface area contributed by atoms with E-state index in [1.54, 1.807) is 11.8 Å². The quantitative estimate of drug-likeness (QED) is 0.450. The van der Waals surface area contributed by atoms with Crippen LogP contribution in [0.5, 0.6) is 0 Å². The van der Waals surface area contributed by atoms with Crippen LogP contribution in [0, 0.1) is 12.8 Å². The van der Waals surface area contributed by atoms with Crippen molar-refractivity contribution >= 4 is 11.8 Å². The van der Waals surface area contributed by atoms with E-state index in [9.17, 15) is 0 Å². The van der Waals surface area contributed by atoms with E-state index in [0.717, 1.165) is 41.3 Å². The first-order valence-electron chi connectivity index (χ1n) is 9.88. The summed E-state index contributed by atoms with van der Waals surface area (Å²) < 4.78 is 7.44. The van der Waals surface area contributed by atoms with Gasteiger partial charge in [-0.25, -0.2) is 4.98 Å². The Kier molecular flexibility index (Phi) is 4.51. The van der Waals surface area contributed by atoms with Crippen LogP contribution in [-0.2, 0) is 12.5 Å². The molecule has 1 saturated heterocycles. The topological polar surface area (TPSA) is 60.0 Å². The third-order valence-corrected chi connectivity index (χ3v) is 7.30. The zero-order valence-corrected chi connectivity index (χ0v) is 17.2. The number of oxazole rings is 1. The predicted molar refractivity (Wildman–Crippen MR) is 109 cm³/mol. The zero-order valence-electron chi connectivity index (χ0n) is 16.3. The predicted octanol–water partition coefficient (Wildman–Crippen LogP) is 3.53. The van der Waals surface area contributed by atoms with Crippen LogP contribution in [0.25, 0.3) is 11.6 Å². The molecule has 0 unspecified atom stereocenters. The molecule has 6 nitrogen and oxygen atoms in total. The van der Waals surface area contributed by atoms with Crippen molar-refractivity contribution < 1.29 is 4.42 Å². The fourth-order valence-electron chi connectivity index (χ4n) is 4.58. The van der Waals surface area contributed by atoms with E-state index in [1.807, 2.05) is 18.5 Å². The summed E-state index contributed by atoms with van der Waals surface area (Å²) in [5.41, 5.74) is 2.82. The van der Waals surface area contributed by atoms with Gasteiger partial charge in [0.2, 0.25) is 5.82 Å². The van der Waals surface area contributed by atoms with Gasteiger partial charge in [0.1, 0.15) is 0 Å². The highest BCUT2D eigenvalue weighted by Gasteiger charge is 2.60. The molecule has 0 radical (unpaired) electrons. The maximum atomic E-state index is 5.45. The van der Waals surface area contributed by atoms with Gasteiger partial charge in [0.05, 0.1) is 5.69 Å². The van der Waals surface area contributed by atoms with Gasteiger partial charge in [0.15, 0.2) is 17.3 Å². The minimum absolute atomic E-state index is 0.446. The number of piperidine rings is 1. The molecule has 3 aromatic rings. The summed E-state index contributed by atoms with van der Waals surface area (Å²) in [5.74, 6) is 3.33. The minimum atomic E-state index is 0.446. The van der Waals surface area contributed by atoms with Crippen molar-refractivity contribution in [3.05, 3.63) is 48.0 Å². The van der Waals surface area contributed by atoms with Gasteiger partial charge in [-0.15, -0.1) is 10.2 Å². The lowest BCUT2D eigenvalue weighted by atomic mass is 9.95. The monoisotopic (exact) mass is 395 g/mol. The van der Waals surface area contributed by atoms with Crippen molar-refractivity contribution in [1.29, 1.82) is 0 Å². The molecule has 0 bridgehead atoms. The standard InChI is InChI=1S/C21H25N5OS/c1-15-18(27-14-22-15)19-23-24-20(25(19)2)28-10-6-9-26-12-17-11-21(17,13-26)16-7-4-3-5-8-16/h3-5,7-8,14,17H,6,9-13H2,1-2H3/t17-,21+/m0/s1. The second-order valence-electron chi connectivity index (χ2n) is 7.99. The van der Waals surface area contributed by atoms with Gasteiger partial charge in [-0.2, -0.15) is 0 Å². The molecule has 2 aromatic heterocycles. The van der Waals surface area contributed by atoms with Crippen molar-refractivity contribution in [3.63, 3.8) is 0 Å². The Labute approximate surface area is 169 Å². The molecule has 146 valence electrons. The summed E-state index contributed by atoms with van der Waals surface area (Å²) >= 11 is 1.76. The molecular formula is C21H25N5OS. The zero-order chi connectivity index (χ0) is 19.1. The molecular weight excluding hydrogens is 370 g/mol. The highest BCUT2D eigenvalue weighted by atomic mass is 32.2. The average molecular weight is 396 g/mol. The van der Waals surface area contributed by atoms with Crippen LogP contribution in [0.4, 0.5) is 0 Å². The van der Waals surface area contributed by atoms with Crippen LogP contribution in [0.3, 0.4) is 0 Å². The number of likely N-dealkylation sites (tertiary alicyclic amines) is 1. The SMILES string of the molecule is Cc1ncoc1-c1nnc(SCCCN2C[C@@H]3C[C@]3(c3ccccc3)C2)n1C. The molecule has 2 atom stereocenters. The highest BCUT2D eigenvalue weighted by molar-refractivity contribution is 7.99. The Hall–Kier alpha value is -2.12. The molecule has 0 N–H and O–H groups in total. The Morgan fingerprint density at radius 3 is 2.89 bits per heavy atom. The lowest BCUT2D eigenvalue weighted by Crippen LogP contribution is -2.27. The average Bonchev–Trinajstić information content (AvgIpc) is 3.02. The summed E-state index contributed by atoms with van der Waals surface area (Å²) in [6.45, 7) is 5.54. The Morgan fingerprint density at radius 1 is 1.25 bits per heavy atom. The number of rotatable bonds is 7. The number of hydrogen-bond donors (Lipinski definition) is 0. The molecule has 3 heterocycles. The van der Waals surface area contributed by atoms with Crippen molar-refractivity contribution in [2.75, 3.05) is 25.4 Å². The lowest BCUT2D eigenvalue weighted by molar-refractivity contribution is 0.299. The van der Waals surface area contributed by atoms with Gasteiger partial charge >= 0.3 is 0 Å². The van der Waals surface area contributed by atoms with Gasteiger partial charge < -0.3 is 13.9 Å². The van der Waals surface area contributed by atoms with Gasteiger partial charge in [0, 0.05) is 31.3 Å². The van der Waals surface area contributed by atoms with Crippen LogP contribution in [0.2, 0.25) is 0 Å². The fraction of sp³-hybridized carbons (Fsp3) is 0.476. The number of fused-ring (bicyclic) bond motifs is 1. The van der Waals surface area contributed by atoms with Gasteiger partial charge in [-0.05, 0) is 37.8 Å². The van der Waals surface area contributed by atoms with E-state index in [1.165, 1.54) is 31.5 Å². The van der Waals surface area contributed by atoms with Crippen molar-refractivity contribution in [1.82, 2.24) is 24.6 Å². The second-order valence-corrected chi connectivity index (χ2v) is 9.05. The maximum Gasteiger partial charge on any atom is 0.202 e. The van der Waals surface area contributed by atoms with E-state index in [4.69, 9.17) is 4.42 Å². The fourth-order valence-corrected chi connectivity index (χ4v) is 5.42. The smallest absolute Gasteiger partial charge is 0.202 e. The van der Waals surface area contributed by atoms with Crippen LogP contribution in [0.15, 0.2) is 46.3 Å². The lowest BCUT2D eigenvalue weighted by Gasteiger charge is -2.20. The number of nitrogens with zero attached hydrogens (tertiary/aromatic N) is 5. The largest absolute Gasteiger partial charge is 0.440 e. The van der Waals surface area contributed by atoms with Crippen LogP contribution < -0.4 is 0 Å². The Balaban J connectivity index is 1.13. The number of hydrogen-bond acceptors (Lipinski definition) is 6. The van der Waals surface area contributed by atoms with Gasteiger partial charge in [-0.1, -0.05) is 42.1 Å². The summed E-state index contributed by atoms with van der Waals surface area (Å²) in [7, 11) is 1.98. The van der Waals surface area contributed by atoms with Crippen LogP contribution >= 0.6 is 11.8 Å². The third kappa shape index (κ3) is 3.06. The summed E-state index contributed by atoms with van der Waals surface area (Å²) in [6, 6.07) is 11.1. The van der Waals surface area contributed by atoms with Crippen molar-refractivity contribution in [3.8, 4) is 11.6 Å². The molecule has 0 spiro atoms. The first-order valence-corrected chi connectivity index (χ1v) is 10.9. The molecule has 1 aliphatic heterocycles. The molecule has 28 heavy (non-hydrogen) atoms. The van der Waals surface area contributed by atoms with E-state index in [-0.39, 0.29) is 0 Å². The summed E-state index contributed by atoms with van der Waals surface area (Å²) in [5, 5.41) is 9.53. The van der Waals surface area contributed by atoms with Gasteiger partial charge in [0.25, 0.3) is 0 Å². The normalized spacial score (nSPS) is 23.9. The minimum Gasteiger partial charge on any atom is -0.440 e. The number of aryl methyl sites for hydroxylation is 1. The molecule has 1 aliphatic carbocycles. The van der Waals surface area contributed by atoms with E-state index >= 15 is 0 Å². The third-order valence-electron chi connectivity index (χ3n) is 6.20. The number of benzene rings is 1. The summed E-state index contributed by atoms with van der Waals surface area (Å²) in [6.07, 6.45) is 3.98. The van der Waals surface area contributed by atoms with E-state index < -0.39 is 0 Å². The molecule has 2 fully saturated rings. The highest BCUT2D eigenvalue weighted by Crippen LogP contribution is 2.58. The molecule has 1 aromatic carbocycles. The van der Waals surface area contributed by atoms with Crippen molar-refractivity contribution in [2.45, 2.75) is 30.3 Å². The Morgan fingerprint density at radius 2 is 2.11 bits per heavy atom. The first-order chi connectivity index (χ1) is 13.7. The van der Waals surface area contributed by atoms with E-state index in [0.29, 0.717) is 11.2 Å². The van der Waals surface area contributed by atoms with Gasteiger partial charge in [-0.3, -0.25) is 0 Å². The Bertz CT molecular complexity index is 968. The maximum absolute atomic E-state index is 5.45. The van der Waals surface area contributed by atoms with Crippen LogP contribution in [-0.4, -0.2) is 50.0 Å². The molecule has 2 aliphatic rings. The molecule has 1 saturated carbocycles. The van der Waals surface area contributed by atoms with Crippen LogP contribution in [0.1, 0.15) is 24.1 Å². The molecule has 0 amide bonds. The van der Waals surface area contributed by atoms with E-state index in [2.05, 4.69) is 50.4 Å². The molecule has 7 heteroatoms. The number of aromatic nitrogens is 4. The van der Waals surface area contributed by atoms with Crippen molar-refractivity contribution in [2.24, 2.45) is 13.0 Å². The first kappa shape index (κ1) is 17.9. The summed E-state index contributed by atoms with van der Waals surface area (Å²) in [4.78, 5) is 6.78.